The molecule has 0 atom stereocenters. The van der Waals surface area contributed by atoms with E-state index in [2.05, 4.69) is 21.7 Å². The van der Waals surface area contributed by atoms with E-state index in [0.717, 1.165) is 28.6 Å². The highest BCUT2D eigenvalue weighted by molar-refractivity contribution is 7.91. The summed E-state index contributed by atoms with van der Waals surface area (Å²) < 4.78 is 27.7. The molecule has 10 heteroatoms. The van der Waals surface area contributed by atoms with Crippen molar-refractivity contribution in [2.24, 2.45) is 0 Å². The lowest BCUT2D eigenvalue weighted by Crippen LogP contribution is -2.48. The minimum atomic E-state index is -3.43. The van der Waals surface area contributed by atoms with Gasteiger partial charge in [0.2, 0.25) is 0 Å². The van der Waals surface area contributed by atoms with Gasteiger partial charge in [0.1, 0.15) is 9.22 Å². The van der Waals surface area contributed by atoms with Gasteiger partial charge in [-0.05, 0) is 23.6 Å². The predicted molar refractivity (Wildman–Crippen MR) is 109 cm³/mol. The summed E-state index contributed by atoms with van der Waals surface area (Å²) in [6.07, 6.45) is 0. The Balaban J connectivity index is 1.37. The first-order valence-corrected chi connectivity index (χ1v) is 12.4. The molecule has 1 aliphatic rings. The molecule has 4 rings (SSSR count). The molecule has 3 aromatic rings. The van der Waals surface area contributed by atoms with Crippen molar-refractivity contribution >= 4 is 55.6 Å². The molecule has 0 radical (unpaired) electrons. The highest BCUT2D eigenvalue weighted by Crippen LogP contribution is 2.29. The molecule has 5 nitrogen and oxygen atoms in total. The van der Waals surface area contributed by atoms with E-state index in [1.54, 1.807) is 39.1 Å². The van der Waals surface area contributed by atoms with Crippen LogP contribution in [0.3, 0.4) is 0 Å². The fraction of sp³-hybridized carbons (Fsp3) is 0.312. The molecular formula is C16H16ClN3O2S4. The fourth-order valence-corrected chi connectivity index (χ4v) is 7.46. The van der Waals surface area contributed by atoms with Crippen molar-refractivity contribution in [1.82, 2.24) is 14.2 Å². The van der Waals surface area contributed by atoms with Crippen LogP contribution >= 0.6 is 45.6 Å². The SMILES string of the molecule is O=S(=O)(c1ccc(Cl)s1)N1CCN(Cc2nc(-c3cccs3)cs2)CC1. The van der Waals surface area contributed by atoms with Gasteiger partial charge in [0, 0.05) is 31.6 Å². The number of piperazine rings is 1. The molecule has 1 saturated heterocycles. The van der Waals surface area contributed by atoms with Gasteiger partial charge in [-0.15, -0.1) is 34.0 Å². The van der Waals surface area contributed by atoms with Crippen molar-refractivity contribution in [1.29, 1.82) is 0 Å². The largest absolute Gasteiger partial charge is 0.294 e. The van der Waals surface area contributed by atoms with Gasteiger partial charge < -0.3 is 0 Å². The molecule has 0 amide bonds. The standard InChI is InChI=1S/C16H16ClN3O2S4/c17-14-3-4-16(25-14)26(21,22)20-7-5-19(6-8-20)10-15-18-12(11-24-15)13-2-1-9-23-13/h1-4,9,11H,5-8,10H2. The number of halogens is 1. The lowest BCUT2D eigenvalue weighted by atomic mass is 10.3. The Labute approximate surface area is 169 Å². The number of aromatic nitrogens is 1. The van der Waals surface area contributed by atoms with Gasteiger partial charge in [-0.3, -0.25) is 4.90 Å². The quantitative estimate of drug-likeness (QED) is 0.593. The zero-order valence-corrected chi connectivity index (χ0v) is 17.7. The monoisotopic (exact) mass is 445 g/mol. The molecule has 1 fully saturated rings. The summed E-state index contributed by atoms with van der Waals surface area (Å²) in [5.74, 6) is 0. The van der Waals surface area contributed by atoms with E-state index in [9.17, 15) is 8.42 Å². The second kappa shape index (κ2) is 7.67. The molecule has 3 aromatic heterocycles. The Morgan fingerprint density at radius 2 is 1.92 bits per heavy atom. The number of hydrogen-bond acceptors (Lipinski definition) is 7. The Kier molecular flexibility index (Phi) is 5.47. The van der Waals surface area contributed by atoms with Crippen molar-refractivity contribution in [2.75, 3.05) is 26.2 Å². The molecule has 0 spiro atoms. The van der Waals surface area contributed by atoms with Crippen LogP contribution in [0.4, 0.5) is 0 Å². The van der Waals surface area contributed by atoms with Crippen LogP contribution in [0.25, 0.3) is 10.6 Å². The van der Waals surface area contributed by atoms with Crippen LogP contribution in [-0.4, -0.2) is 48.8 Å². The smallest absolute Gasteiger partial charge is 0.252 e. The van der Waals surface area contributed by atoms with E-state index in [1.807, 2.05) is 6.07 Å². The van der Waals surface area contributed by atoms with Crippen LogP contribution in [0.15, 0.2) is 39.2 Å². The van der Waals surface area contributed by atoms with Crippen LogP contribution in [-0.2, 0) is 16.6 Å². The Morgan fingerprint density at radius 1 is 1.12 bits per heavy atom. The molecule has 138 valence electrons. The fourth-order valence-electron chi connectivity index (χ4n) is 2.80. The van der Waals surface area contributed by atoms with E-state index in [-0.39, 0.29) is 0 Å². The molecule has 26 heavy (non-hydrogen) atoms. The van der Waals surface area contributed by atoms with Crippen molar-refractivity contribution in [2.45, 2.75) is 10.8 Å². The molecule has 0 bridgehead atoms. The van der Waals surface area contributed by atoms with E-state index in [0.29, 0.717) is 34.7 Å². The number of rotatable bonds is 5. The summed E-state index contributed by atoms with van der Waals surface area (Å²) in [5.41, 5.74) is 1.02. The highest BCUT2D eigenvalue weighted by atomic mass is 35.5. The van der Waals surface area contributed by atoms with Crippen LogP contribution in [0.1, 0.15) is 5.01 Å². The maximum atomic E-state index is 12.7. The summed E-state index contributed by atoms with van der Waals surface area (Å²) in [7, 11) is -3.43. The summed E-state index contributed by atoms with van der Waals surface area (Å²) in [4.78, 5) is 8.14. The van der Waals surface area contributed by atoms with Crippen LogP contribution in [0, 0.1) is 0 Å². The minimum absolute atomic E-state index is 0.316. The van der Waals surface area contributed by atoms with Gasteiger partial charge in [0.15, 0.2) is 0 Å². The first-order valence-electron chi connectivity index (χ1n) is 7.98. The van der Waals surface area contributed by atoms with E-state index < -0.39 is 10.0 Å². The Hall–Kier alpha value is -0.810. The number of thiazole rings is 1. The topological polar surface area (TPSA) is 53.5 Å². The van der Waals surface area contributed by atoms with Crippen LogP contribution < -0.4 is 0 Å². The second-order valence-corrected chi connectivity index (χ2v) is 11.6. The summed E-state index contributed by atoms with van der Waals surface area (Å²) in [6, 6.07) is 7.31. The number of sulfonamides is 1. The van der Waals surface area contributed by atoms with Gasteiger partial charge >= 0.3 is 0 Å². The van der Waals surface area contributed by atoms with Crippen molar-refractivity contribution < 1.29 is 8.42 Å². The molecule has 1 aliphatic heterocycles. The normalized spacial score (nSPS) is 17.0. The zero-order chi connectivity index (χ0) is 18.1. The lowest BCUT2D eigenvalue weighted by Gasteiger charge is -2.33. The molecule has 0 unspecified atom stereocenters. The molecule has 0 saturated carbocycles. The van der Waals surface area contributed by atoms with Crippen molar-refractivity contribution in [3.8, 4) is 10.6 Å². The van der Waals surface area contributed by atoms with Gasteiger partial charge in [-0.2, -0.15) is 4.31 Å². The van der Waals surface area contributed by atoms with E-state index in [1.165, 1.54) is 4.88 Å². The average Bonchev–Trinajstić information content (AvgIpc) is 3.36. The third-order valence-electron chi connectivity index (χ3n) is 4.16. The molecule has 0 aliphatic carbocycles. The van der Waals surface area contributed by atoms with Crippen molar-refractivity contribution in [3.05, 3.63) is 44.4 Å². The third kappa shape index (κ3) is 3.89. The van der Waals surface area contributed by atoms with Crippen LogP contribution in [0.2, 0.25) is 4.34 Å². The highest BCUT2D eigenvalue weighted by Gasteiger charge is 2.29. The predicted octanol–water partition coefficient (Wildman–Crippen LogP) is 4.09. The molecular weight excluding hydrogens is 430 g/mol. The first kappa shape index (κ1) is 18.5. The number of thiophene rings is 2. The first-order chi connectivity index (χ1) is 12.5. The summed E-state index contributed by atoms with van der Waals surface area (Å²) in [5, 5.41) is 5.20. The summed E-state index contributed by atoms with van der Waals surface area (Å²) >= 11 is 10.3. The van der Waals surface area contributed by atoms with Gasteiger partial charge in [0.25, 0.3) is 10.0 Å². The van der Waals surface area contributed by atoms with Gasteiger partial charge in [-0.25, -0.2) is 13.4 Å². The lowest BCUT2D eigenvalue weighted by molar-refractivity contribution is 0.181. The summed E-state index contributed by atoms with van der Waals surface area (Å²) in [6.45, 7) is 3.13. The van der Waals surface area contributed by atoms with Crippen molar-refractivity contribution in [3.63, 3.8) is 0 Å². The molecule has 0 N–H and O–H groups in total. The minimum Gasteiger partial charge on any atom is -0.294 e. The maximum Gasteiger partial charge on any atom is 0.252 e. The number of hydrogen-bond donors (Lipinski definition) is 0. The van der Waals surface area contributed by atoms with Gasteiger partial charge in [0.05, 0.1) is 21.5 Å². The third-order valence-corrected chi connectivity index (χ3v) is 9.48. The molecule has 4 heterocycles. The Morgan fingerprint density at radius 3 is 2.58 bits per heavy atom. The van der Waals surface area contributed by atoms with E-state index in [4.69, 9.17) is 16.6 Å². The second-order valence-electron chi connectivity index (χ2n) is 5.84. The zero-order valence-electron chi connectivity index (χ0n) is 13.7. The van der Waals surface area contributed by atoms with Crippen LogP contribution in [0.5, 0.6) is 0 Å². The number of nitrogens with zero attached hydrogens (tertiary/aromatic N) is 3. The van der Waals surface area contributed by atoms with E-state index >= 15 is 0 Å². The maximum absolute atomic E-state index is 12.7. The molecule has 0 aromatic carbocycles. The average molecular weight is 446 g/mol. The Bertz CT molecular complexity index is 973. The van der Waals surface area contributed by atoms with Gasteiger partial charge in [-0.1, -0.05) is 17.7 Å².